The van der Waals surface area contributed by atoms with Crippen molar-refractivity contribution in [3.05, 3.63) is 35.4 Å². The first-order chi connectivity index (χ1) is 6.38. The highest BCUT2D eigenvalue weighted by Gasteiger charge is 1.93. The molecule has 68 valence electrons. The van der Waals surface area contributed by atoms with E-state index in [9.17, 15) is 0 Å². The van der Waals surface area contributed by atoms with Gasteiger partial charge in [0.15, 0.2) is 0 Å². The molecule has 0 amide bonds. The topological polar surface area (TPSA) is 0 Å². The van der Waals surface area contributed by atoms with Gasteiger partial charge in [-0.15, -0.1) is 0 Å². The Morgan fingerprint density at radius 2 is 1.92 bits per heavy atom. The zero-order valence-corrected chi connectivity index (χ0v) is 8.43. The summed E-state index contributed by atoms with van der Waals surface area (Å²) >= 11 is 0. The summed E-state index contributed by atoms with van der Waals surface area (Å²) in [6.45, 7) is 4.32. The molecule has 0 aromatic heterocycles. The van der Waals surface area contributed by atoms with E-state index in [1.807, 2.05) is 0 Å². The fraction of sp³-hybridized carbons (Fsp3) is 0.385. The number of unbranched alkanes of at least 4 members (excludes halogenated alkanes) is 1. The second-order valence-corrected chi connectivity index (χ2v) is 3.06. The zero-order valence-electron chi connectivity index (χ0n) is 8.43. The average molecular weight is 172 g/mol. The van der Waals surface area contributed by atoms with Crippen LogP contribution >= 0.6 is 0 Å². The minimum atomic E-state index is 0.998. The minimum Gasteiger partial charge on any atom is -0.0979 e. The van der Waals surface area contributed by atoms with Crippen molar-refractivity contribution >= 4 is 0 Å². The normalized spacial score (nSPS) is 9.08. The maximum absolute atomic E-state index is 3.22. The van der Waals surface area contributed by atoms with Crippen LogP contribution in [0.2, 0.25) is 0 Å². The third-order valence-corrected chi connectivity index (χ3v) is 2.00. The molecule has 0 radical (unpaired) electrons. The fourth-order valence-corrected chi connectivity index (χ4v) is 1.23. The monoisotopic (exact) mass is 172 g/mol. The maximum Gasteiger partial charge on any atom is 0.0277 e. The quantitative estimate of drug-likeness (QED) is 0.600. The molecule has 1 aromatic carbocycles. The van der Waals surface area contributed by atoms with Crippen LogP contribution in [-0.4, -0.2) is 0 Å². The molecule has 0 saturated carbocycles. The molecule has 1 rings (SSSR count). The summed E-state index contributed by atoms with van der Waals surface area (Å²) < 4.78 is 0. The van der Waals surface area contributed by atoms with Crippen LogP contribution in [0.4, 0.5) is 0 Å². The molecule has 0 aliphatic rings. The molecule has 0 fully saturated rings. The number of hydrogen-bond donors (Lipinski definition) is 0. The highest BCUT2D eigenvalue weighted by atomic mass is 14.0. The van der Waals surface area contributed by atoms with E-state index in [2.05, 4.69) is 50.0 Å². The molecule has 0 unspecified atom stereocenters. The van der Waals surface area contributed by atoms with Crippen molar-refractivity contribution in [3.8, 4) is 11.8 Å². The fourth-order valence-electron chi connectivity index (χ4n) is 1.23. The highest BCUT2D eigenvalue weighted by molar-refractivity contribution is 5.41. The lowest BCUT2D eigenvalue weighted by molar-refractivity contribution is 0.983. The van der Waals surface area contributed by atoms with Crippen molar-refractivity contribution in [2.24, 2.45) is 0 Å². The van der Waals surface area contributed by atoms with E-state index in [-0.39, 0.29) is 0 Å². The van der Waals surface area contributed by atoms with Crippen LogP contribution in [0, 0.1) is 11.8 Å². The van der Waals surface area contributed by atoms with Crippen molar-refractivity contribution in [3.63, 3.8) is 0 Å². The smallest absolute Gasteiger partial charge is 0.0277 e. The Kier molecular flexibility index (Phi) is 4.12. The SMILES string of the molecule is CCCC#Cc1ccccc1CC. The third kappa shape index (κ3) is 2.95. The summed E-state index contributed by atoms with van der Waals surface area (Å²) in [6.07, 6.45) is 3.20. The minimum absolute atomic E-state index is 0.998. The van der Waals surface area contributed by atoms with Gasteiger partial charge in [0.25, 0.3) is 0 Å². The lowest BCUT2D eigenvalue weighted by atomic mass is 10.1. The van der Waals surface area contributed by atoms with E-state index in [1.165, 1.54) is 11.1 Å². The number of hydrogen-bond acceptors (Lipinski definition) is 0. The van der Waals surface area contributed by atoms with Gasteiger partial charge < -0.3 is 0 Å². The Bertz CT molecular complexity index is 312. The average Bonchev–Trinajstić information content (AvgIpc) is 2.19. The van der Waals surface area contributed by atoms with Gasteiger partial charge in [-0.2, -0.15) is 0 Å². The zero-order chi connectivity index (χ0) is 9.52. The van der Waals surface area contributed by atoms with Gasteiger partial charge in [-0.25, -0.2) is 0 Å². The van der Waals surface area contributed by atoms with Crippen LogP contribution in [-0.2, 0) is 6.42 Å². The molecule has 0 nitrogen and oxygen atoms in total. The predicted octanol–water partition coefficient (Wildman–Crippen LogP) is 3.40. The molecule has 1 aromatic rings. The van der Waals surface area contributed by atoms with Crippen LogP contribution in [0.25, 0.3) is 0 Å². The van der Waals surface area contributed by atoms with Gasteiger partial charge in [-0.3, -0.25) is 0 Å². The van der Waals surface area contributed by atoms with Crippen LogP contribution in [0.5, 0.6) is 0 Å². The van der Waals surface area contributed by atoms with E-state index in [4.69, 9.17) is 0 Å². The van der Waals surface area contributed by atoms with E-state index >= 15 is 0 Å². The van der Waals surface area contributed by atoms with Gasteiger partial charge in [0.2, 0.25) is 0 Å². The van der Waals surface area contributed by atoms with Crippen molar-refractivity contribution in [2.45, 2.75) is 33.1 Å². The molecule has 0 aliphatic carbocycles. The first-order valence-electron chi connectivity index (χ1n) is 4.95. The third-order valence-electron chi connectivity index (χ3n) is 2.00. The molecule has 0 atom stereocenters. The summed E-state index contributed by atoms with van der Waals surface area (Å²) in [7, 11) is 0. The Morgan fingerprint density at radius 1 is 1.15 bits per heavy atom. The second-order valence-electron chi connectivity index (χ2n) is 3.06. The molecule has 0 heterocycles. The second kappa shape index (κ2) is 5.43. The van der Waals surface area contributed by atoms with Crippen LogP contribution in [0.1, 0.15) is 37.8 Å². The van der Waals surface area contributed by atoms with Gasteiger partial charge in [0, 0.05) is 12.0 Å². The molecular formula is C13H16. The molecule has 0 N–H and O–H groups in total. The lowest BCUT2D eigenvalue weighted by Gasteiger charge is -1.98. The van der Waals surface area contributed by atoms with E-state index in [0.717, 1.165) is 19.3 Å². The van der Waals surface area contributed by atoms with Gasteiger partial charge in [-0.05, 0) is 24.5 Å². The van der Waals surface area contributed by atoms with E-state index < -0.39 is 0 Å². The number of benzene rings is 1. The van der Waals surface area contributed by atoms with Crippen molar-refractivity contribution in [2.75, 3.05) is 0 Å². The molecule has 0 spiro atoms. The number of aryl methyl sites for hydroxylation is 1. The molecule has 0 saturated heterocycles. The molecule has 0 heteroatoms. The van der Waals surface area contributed by atoms with Gasteiger partial charge in [0.05, 0.1) is 0 Å². The largest absolute Gasteiger partial charge is 0.0979 e. The summed E-state index contributed by atoms with van der Waals surface area (Å²) in [5.74, 6) is 6.39. The van der Waals surface area contributed by atoms with Gasteiger partial charge in [0.1, 0.15) is 0 Å². The summed E-state index contributed by atoms with van der Waals surface area (Å²) in [6, 6.07) is 8.37. The van der Waals surface area contributed by atoms with E-state index in [0.29, 0.717) is 0 Å². The van der Waals surface area contributed by atoms with Gasteiger partial charge in [-0.1, -0.05) is 43.9 Å². The standard InChI is InChI=1S/C13H16/c1-3-5-6-10-13-11-8-7-9-12(13)4-2/h7-9,11H,3-5H2,1-2H3. The Labute approximate surface area is 81.0 Å². The van der Waals surface area contributed by atoms with Crippen LogP contribution in [0.3, 0.4) is 0 Å². The lowest BCUT2D eigenvalue weighted by Crippen LogP contribution is -1.85. The first kappa shape index (κ1) is 9.86. The van der Waals surface area contributed by atoms with Crippen molar-refractivity contribution < 1.29 is 0 Å². The van der Waals surface area contributed by atoms with Crippen molar-refractivity contribution in [1.29, 1.82) is 0 Å². The van der Waals surface area contributed by atoms with Crippen LogP contribution in [0.15, 0.2) is 24.3 Å². The Morgan fingerprint density at radius 3 is 2.62 bits per heavy atom. The van der Waals surface area contributed by atoms with Crippen molar-refractivity contribution in [1.82, 2.24) is 0 Å². The summed E-state index contributed by atoms with van der Waals surface area (Å²) in [5.41, 5.74) is 2.55. The molecule has 13 heavy (non-hydrogen) atoms. The summed E-state index contributed by atoms with van der Waals surface area (Å²) in [4.78, 5) is 0. The van der Waals surface area contributed by atoms with E-state index in [1.54, 1.807) is 0 Å². The van der Waals surface area contributed by atoms with Gasteiger partial charge >= 0.3 is 0 Å². The predicted molar refractivity (Wildman–Crippen MR) is 57.6 cm³/mol. The summed E-state index contributed by atoms with van der Waals surface area (Å²) in [5, 5.41) is 0. The first-order valence-corrected chi connectivity index (χ1v) is 4.95. The highest BCUT2D eigenvalue weighted by Crippen LogP contribution is 2.07. The molecular weight excluding hydrogens is 156 g/mol. The molecule has 0 aliphatic heterocycles. The Hall–Kier alpha value is -1.22. The van der Waals surface area contributed by atoms with Crippen LogP contribution < -0.4 is 0 Å². The number of rotatable bonds is 2. The Balaban J connectivity index is 2.82. The maximum atomic E-state index is 3.22. The molecule has 0 bridgehead atoms.